The first-order valence-corrected chi connectivity index (χ1v) is 30.0. The van der Waals surface area contributed by atoms with Crippen LogP contribution in [-0.4, -0.2) is 159 Å². The predicted octanol–water partition coefficient (Wildman–Crippen LogP) is 8.95. The summed E-state index contributed by atoms with van der Waals surface area (Å²) in [6.45, 7) is 2.26. The summed E-state index contributed by atoms with van der Waals surface area (Å²) in [7, 11) is 3.13. The Balaban J connectivity index is -0.000000153. The van der Waals surface area contributed by atoms with Crippen LogP contribution in [0.3, 0.4) is 0 Å². The molecule has 3 aliphatic rings. The molecule has 0 aromatic carbocycles. The van der Waals surface area contributed by atoms with Gasteiger partial charge in [-0.3, -0.25) is 59.3 Å². The Hall–Kier alpha value is -8.50. The van der Waals surface area contributed by atoms with E-state index < -0.39 is 53.5 Å². The average Bonchev–Trinajstić information content (AvgIpc) is 3.79. The van der Waals surface area contributed by atoms with E-state index in [1.165, 1.54) is 12.0 Å². The monoisotopic (exact) mass is 1410 g/mol. The Bertz CT molecular complexity index is 2320. The number of hydrogen-bond donors (Lipinski definition) is 8. The quantitative estimate of drug-likeness (QED) is 0.00547. The molecule has 3 saturated heterocycles. The Morgan fingerprint density at radius 1 is 0.468 bits per heavy atom. The molecule has 9 N–H and O–H groups in total. The number of carboxylic acids is 3. The van der Waals surface area contributed by atoms with Crippen LogP contribution in [0.2, 0.25) is 0 Å². The maximum absolute atomic E-state index is 11.3. The minimum atomic E-state index is -0.770. The number of nitrogens with two attached hydrogens (primary N) is 1. The van der Waals surface area contributed by atoms with E-state index in [1.54, 1.807) is 7.05 Å². The number of unbranched alkanes of at least 4 members (excludes halogenated alkanes) is 12. The number of halogens is 1. The topological polar surface area (TPSA) is 668 Å². The summed E-state index contributed by atoms with van der Waals surface area (Å²) in [5.74, 6) is -5.01. The first-order valence-electron chi connectivity index (χ1n) is 28.8. The number of hydroxylamine groups is 6. The summed E-state index contributed by atoms with van der Waals surface area (Å²) in [6, 6.07) is 0. The molecule has 3 fully saturated rings. The van der Waals surface area contributed by atoms with Crippen molar-refractivity contribution in [3.05, 3.63) is 68.2 Å². The van der Waals surface area contributed by atoms with Crippen LogP contribution in [0.4, 0.5) is 0 Å². The average molecular weight is 1410 g/mol. The van der Waals surface area contributed by atoms with Crippen molar-refractivity contribution in [2.75, 3.05) is 52.1 Å². The Morgan fingerprint density at radius 2 is 0.702 bits per heavy atom. The van der Waals surface area contributed by atoms with Crippen molar-refractivity contribution in [2.24, 2.45) is 31.3 Å². The zero-order valence-corrected chi connectivity index (χ0v) is 56.6. The molecule has 0 aromatic rings. The second-order valence-corrected chi connectivity index (χ2v) is 18.9. The number of azide groups is 5. The molecule has 0 radical (unpaired) electrons. The number of rotatable bonds is 37. The van der Waals surface area contributed by atoms with Crippen LogP contribution in [0.5, 0.6) is 0 Å². The molecule has 3 heterocycles. The van der Waals surface area contributed by atoms with Crippen LogP contribution in [0.1, 0.15) is 200 Å². The van der Waals surface area contributed by atoms with E-state index in [4.69, 9.17) is 70.1 Å². The van der Waals surface area contributed by atoms with Crippen molar-refractivity contribution < 1.29 is 108 Å². The molecule has 524 valence electrons. The number of carboxylic acid groups (broad SMARTS) is 3. The number of alkyl halides is 1. The van der Waals surface area contributed by atoms with Gasteiger partial charge < -0.3 is 47.1 Å². The third-order valence-corrected chi connectivity index (χ3v) is 11.4. The van der Waals surface area contributed by atoms with Gasteiger partial charge in [-0.25, -0.2) is 9.59 Å². The fraction of sp³-hybridized carbons (Fsp3) is 0.765. The molecule has 0 aromatic heterocycles. The second kappa shape index (κ2) is 78.7. The van der Waals surface area contributed by atoms with Gasteiger partial charge in [0.05, 0.1) is 0 Å². The van der Waals surface area contributed by atoms with Gasteiger partial charge in [0.1, 0.15) is 11.7 Å². The summed E-state index contributed by atoms with van der Waals surface area (Å²) in [4.78, 5) is 132. The molecule has 0 spiro atoms. The molecule has 3 aliphatic heterocycles. The third-order valence-electron chi connectivity index (χ3n) is 10.9. The van der Waals surface area contributed by atoms with E-state index >= 15 is 0 Å². The van der Waals surface area contributed by atoms with E-state index in [0.717, 1.165) is 82.4 Å². The predicted molar refractivity (Wildman–Crippen MR) is 341 cm³/mol. The summed E-state index contributed by atoms with van der Waals surface area (Å²) >= 11 is 3.27. The smallest absolute Gasteiger partial charge is 0.481 e. The number of carbonyl (C=O) groups is 10. The van der Waals surface area contributed by atoms with Gasteiger partial charge in [-0.05, 0) is 112 Å². The molecule has 0 aliphatic carbocycles. The molecule has 43 heteroatoms. The molecule has 0 saturated carbocycles. The number of hydrogen-bond acceptors (Lipinski definition) is 21. The van der Waals surface area contributed by atoms with E-state index in [0.29, 0.717) is 112 Å². The molecule has 3 rings (SSSR count). The van der Waals surface area contributed by atoms with Crippen LogP contribution in [-0.2, 0) is 57.6 Å². The zero-order chi connectivity index (χ0) is 71.0. The summed E-state index contributed by atoms with van der Waals surface area (Å²) in [5.41, 5.74) is 57.8. The van der Waals surface area contributed by atoms with Crippen LogP contribution in [0, 0.1) is 10.8 Å². The van der Waals surface area contributed by atoms with Crippen LogP contribution < -0.4 is 40.6 Å². The fourth-order valence-electron chi connectivity index (χ4n) is 6.29. The number of nitrogens with zero attached hydrogens (tertiary/aromatic N) is 21. The Labute approximate surface area is 574 Å². The van der Waals surface area contributed by atoms with Gasteiger partial charge in [0, 0.05) is 147 Å². The van der Waals surface area contributed by atoms with E-state index in [9.17, 15) is 47.9 Å². The first-order chi connectivity index (χ1) is 44.0. The van der Waals surface area contributed by atoms with Crippen LogP contribution >= 0.6 is 15.9 Å². The van der Waals surface area contributed by atoms with Gasteiger partial charge in [-0.15, -0.1) is 10.1 Å². The number of amides is 5. The number of imide groups is 2. The molecule has 41 nitrogen and oxygen atoms in total. The van der Waals surface area contributed by atoms with E-state index in [1.807, 2.05) is 0 Å². The second-order valence-electron chi connectivity index (χ2n) is 18.1. The standard InChI is InChI=1S/2C10H14N4O4.C7H14N4O.C6H11BrO2.2C6H11N3O2.C4H7N3O.CH5N.CH4.N3.Na/c2*11-13-12-7-3-1-2-4-10(17)18-14-8(15)5-6-9(14)16;1-9-7(12)5-3-2-4-6-10-11-8;7-5-3-1-2-4-6(8)9;2*7-9-8-5-3-1-2-4-6(10)11;5-3-1-2-4(6)7(3)8;1-2;;1-3-2;/h2*1-7H2;2-6H2,1H3,(H,9,12);1-5H2,(H,8,9);2*1-5H2,(H,10,11);5-6,8H,1-2H2;2H2,1H3;1H4;;/q;;;;;;;;;-1;+1. The SMILES string of the molecule is C.CN.CNC(=O)CCCCCN=[N+]=[N-].N=C1CCC(=N)N1O.O=C(O)CCCCCBr.[N-]=[N+]=NCCCCCC(=O)O.[N-]=[N+]=NCCCCCC(=O)O.[N-]=[N+]=NCCCCCC(=O)ON1C(=O)CCC1=O.[N-]=[N+]=NCCCCCC(=O)ON1C(=O)CCC1=O.[N-]=[N+]=[N-].[Na+]. The van der Waals surface area contributed by atoms with Gasteiger partial charge >= 0.3 is 59.4 Å². The zero-order valence-electron chi connectivity index (χ0n) is 53.0. The minimum Gasteiger partial charge on any atom is -0.481 e. The van der Waals surface area contributed by atoms with Crippen molar-refractivity contribution in [1.29, 1.82) is 10.8 Å². The van der Waals surface area contributed by atoms with Crippen molar-refractivity contribution in [3.8, 4) is 0 Å². The normalized spacial score (nSPS) is 11.5. The number of nitrogens with one attached hydrogen (secondary N) is 3. The van der Waals surface area contributed by atoms with Crippen molar-refractivity contribution in [1.82, 2.24) is 20.5 Å². The molecule has 0 bridgehead atoms. The maximum Gasteiger partial charge on any atom is 1.00 e. The Kier molecular flexibility index (Phi) is 85.1. The number of carbonyl (C=O) groups excluding carboxylic acids is 7. The molecular formula is C51H91BrN25NaO16. The van der Waals surface area contributed by atoms with E-state index in [2.05, 4.69) is 86.8 Å². The number of amidine groups is 2. The van der Waals surface area contributed by atoms with Crippen LogP contribution in [0.15, 0.2) is 25.6 Å². The van der Waals surface area contributed by atoms with Crippen LogP contribution in [0.25, 0.3) is 68.2 Å². The summed E-state index contributed by atoms with van der Waals surface area (Å²) in [6.07, 6.45) is 16.9. The molecule has 94 heavy (non-hydrogen) atoms. The minimum absolute atomic E-state index is 0. The third kappa shape index (κ3) is 76.0. The first kappa shape index (κ1) is 102. The van der Waals surface area contributed by atoms with Gasteiger partial charge in [-0.1, -0.05) is 87.5 Å². The maximum atomic E-state index is 11.3. The Morgan fingerprint density at radius 3 is 0.904 bits per heavy atom. The van der Waals surface area contributed by atoms with Gasteiger partial charge in [0.2, 0.25) is 5.91 Å². The molecule has 0 unspecified atom stereocenters. The number of aliphatic carboxylic acids is 3. The van der Waals surface area contributed by atoms with Gasteiger partial charge in [0.15, 0.2) is 0 Å². The fourth-order valence-corrected chi connectivity index (χ4v) is 6.69. The largest absolute Gasteiger partial charge is 1.00 e. The van der Waals surface area contributed by atoms with Crippen molar-refractivity contribution >= 4 is 87.0 Å². The van der Waals surface area contributed by atoms with E-state index in [-0.39, 0.29) is 106 Å². The van der Waals surface area contributed by atoms with Gasteiger partial charge in [0.25, 0.3) is 23.6 Å². The summed E-state index contributed by atoms with van der Waals surface area (Å²) < 4.78 is 0. The summed E-state index contributed by atoms with van der Waals surface area (Å²) in [5, 5.41) is 69.1. The van der Waals surface area contributed by atoms with Crippen molar-refractivity contribution in [2.45, 2.75) is 200 Å². The van der Waals surface area contributed by atoms with Crippen molar-refractivity contribution in [3.63, 3.8) is 0 Å². The van der Waals surface area contributed by atoms with Gasteiger partial charge in [-0.2, -0.15) is 5.06 Å². The molecule has 5 amide bonds. The molecular weight excluding hydrogens is 1320 g/mol. The molecule has 0 atom stereocenters.